The van der Waals surface area contributed by atoms with Crippen molar-refractivity contribution in [2.24, 2.45) is 7.05 Å². The molecule has 7 nitrogen and oxygen atoms in total. The molecule has 0 amide bonds. The van der Waals surface area contributed by atoms with Crippen LogP contribution in [0.3, 0.4) is 0 Å². The Morgan fingerprint density at radius 1 is 1.36 bits per heavy atom. The minimum atomic E-state index is -3.88. The molecule has 1 aromatic carbocycles. The number of rotatable bonds is 4. The van der Waals surface area contributed by atoms with E-state index in [0.29, 0.717) is 11.3 Å². The summed E-state index contributed by atoms with van der Waals surface area (Å²) in [6.45, 7) is -0.0115. The van der Waals surface area contributed by atoms with E-state index in [1.807, 2.05) is 0 Å². The highest BCUT2D eigenvalue weighted by Crippen LogP contribution is 2.27. The van der Waals surface area contributed by atoms with Gasteiger partial charge in [0.25, 0.3) is 0 Å². The predicted molar refractivity (Wildman–Crippen MR) is 79.2 cm³/mol. The molecule has 0 aliphatic rings. The summed E-state index contributed by atoms with van der Waals surface area (Å²) >= 11 is 6.03. The fourth-order valence-electron chi connectivity index (χ4n) is 1.99. The zero-order valence-corrected chi connectivity index (χ0v) is 12.9. The van der Waals surface area contributed by atoms with Gasteiger partial charge in [-0.2, -0.15) is 0 Å². The number of nitrogens with one attached hydrogen (secondary N) is 1. The maximum Gasteiger partial charge on any atom is 0.419 e. The van der Waals surface area contributed by atoms with Crippen LogP contribution in [-0.2, 0) is 23.6 Å². The highest BCUT2D eigenvalue weighted by atomic mass is 35.5. The predicted octanol–water partition coefficient (Wildman–Crippen LogP) is 1.86. The van der Waals surface area contributed by atoms with Crippen molar-refractivity contribution in [2.45, 2.75) is 11.4 Å². The average Bonchev–Trinajstić information content (AvgIpc) is 3.07. The van der Waals surface area contributed by atoms with E-state index >= 15 is 0 Å². The van der Waals surface area contributed by atoms with Crippen LogP contribution in [0, 0.1) is 0 Å². The largest absolute Gasteiger partial charge is 0.468 e. The van der Waals surface area contributed by atoms with Gasteiger partial charge in [0.15, 0.2) is 5.58 Å². The van der Waals surface area contributed by atoms with Crippen molar-refractivity contribution in [1.29, 1.82) is 0 Å². The van der Waals surface area contributed by atoms with Gasteiger partial charge in [-0.05, 0) is 18.2 Å². The zero-order valence-electron chi connectivity index (χ0n) is 11.4. The molecule has 0 bridgehead atoms. The van der Waals surface area contributed by atoms with Gasteiger partial charge < -0.3 is 8.83 Å². The van der Waals surface area contributed by atoms with Crippen molar-refractivity contribution < 1.29 is 17.3 Å². The molecule has 3 rings (SSSR count). The van der Waals surface area contributed by atoms with E-state index in [1.54, 1.807) is 12.1 Å². The maximum atomic E-state index is 12.3. The van der Waals surface area contributed by atoms with Crippen LogP contribution in [0.4, 0.5) is 0 Å². The van der Waals surface area contributed by atoms with Crippen molar-refractivity contribution in [3.8, 4) is 0 Å². The van der Waals surface area contributed by atoms with Crippen molar-refractivity contribution in [1.82, 2.24) is 9.29 Å². The summed E-state index contributed by atoms with van der Waals surface area (Å²) in [5.41, 5.74) is 0.565. The third-order valence-corrected chi connectivity index (χ3v) is 5.02. The molecule has 0 saturated carbocycles. The first-order valence-electron chi connectivity index (χ1n) is 6.19. The van der Waals surface area contributed by atoms with Crippen molar-refractivity contribution in [2.75, 3.05) is 0 Å². The van der Waals surface area contributed by atoms with Gasteiger partial charge in [-0.1, -0.05) is 11.6 Å². The Morgan fingerprint density at radius 2 is 2.14 bits per heavy atom. The second kappa shape index (κ2) is 5.31. The topological polar surface area (TPSA) is 94.5 Å². The molecule has 0 aliphatic heterocycles. The summed E-state index contributed by atoms with van der Waals surface area (Å²) in [6.07, 6.45) is 1.45. The Morgan fingerprint density at radius 3 is 2.82 bits per heavy atom. The van der Waals surface area contributed by atoms with Gasteiger partial charge >= 0.3 is 5.76 Å². The number of hydrogen-bond donors (Lipinski definition) is 1. The molecule has 0 saturated heterocycles. The lowest BCUT2D eigenvalue weighted by Gasteiger charge is -2.07. The third kappa shape index (κ3) is 2.56. The number of benzene rings is 1. The molecular formula is C13H11ClN2O5S. The van der Waals surface area contributed by atoms with Crippen LogP contribution in [0.15, 0.2) is 49.1 Å². The molecule has 22 heavy (non-hydrogen) atoms. The molecule has 2 heterocycles. The lowest BCUT2D eigenvalue weighted by molar-refractivity contribution is 0.498. The Hall–Kier alpha value is -2.03. The van der Waals surface area contributed by atoms with E-state index in [1.165, 1.54) is 30.0 Å². The van der Waals surface area contributed by atoms with Crippen molar-refractivity contribution >= 4 is 32.7 Å². The number of fused-ring (bicyclic) bond motifs is 1. The summed E-state index contributed by atoms with van der Waals surface area (Å²) in [7, 11) is -2.37. The van der Waals surface area contributed by atoms with E-state index in [2.05, 4.69) is 4.72 Å². The molecule has 3 aromatic rings. The summed E-state index contributed by atoms with van der Waals surface area (Å²) in [6, 6.07) is 5.90. The molecule has 0 spiro atoms. The van der Waals surface area contributed by atoms with Gasteiger partial charge in [-0.15, -0.1) is 0 Å². The van der Waals surface area contributed by atoms with Crippen molar-refractivity contribution in [3.63, 3.8) is 0 Å². The molecule has 0 fully saturated rings. The standard InChI is InChI=1S/C13H11ClN2O5S/c1-16-10-5-9(14)12(6-11(10)21-13(16)17)22(18,19)15-7-8-3-2-4-20-8/h2-6,15H,7H2,1H3. The van der Waals surface area contributed by atoms with Crippen molar-refractivity contribution in [3.05, 3.63) is 51.9 Å². The van der Waals surface area contributed by atoms with Crippen LogP contribution in [0.25, 0.3) is 11.1 Å². The Kier molecular flexibility index (Phi) is 3.59. The van der Waals surface area contributed by atoms with Gasteiger partial charge in [0, 0.05) is 13.1 Å². The van der Waals surface area contributed by atoms with E-state index in [9.17, 15) is 13.2 Å². The van der Waals surface area contributed by atoms with Crippen LogP contribution in [0.2, 0.25) is 5.02 Å². The monoisotopic (exact) mass is 342 g/mol. The quantitative estimate of drug-likeness (QED) is 0.780. The number of hydrogen-bond acceptors (Lipinski definition) is 5. The number of aryl methyl sites for hydroxylation is 1. The first kappa shape index (κ1) is 14.9. The van der Waals surface area contributed by atoms with Gasteiger partial charge in [-0.3, -0.25) is 4.57 Å². The Labute approximate surface area is 130 Å². The molecule has 0 unspecified atom stereocenters. The van der Waals surface area contributed by atoms with Gasteiger partial charge in [0.2, 0.25) is 10.0 Å². The normalized spacial score (nSPS) is 12.1. The first-order chi connectivity index (χ1) is 10.4. The minimum absolute atomic E-state index is 0.00385. The second-order valence-electron chi connectivity index (χ2n) is 4.58. The van der Waals surface area contributed by atoms with E-state index in [4.69, 9.17) is 20.4 Å². The van der Waals surface area contributed by atoms with Gasteiger partial charge in [0.05, 0.1) is 23.3 Å². The fourth-order valence-corrected chi connectivity index (χ4v) is 3.52. The summed E-state index contributed by atoms with van der Waals surface area (Å²) in [4.78, 5) is 11.3. The molecule has 116 valence electrons. The van der Waals surface area contributed by atoms with Crippen LogP contribution < -0.4 is 10.5 Å². The molecule has 1 N–H and O–H groups in total. The number of nitrogens with zero attached hydrogens (tertiary/aromatic N) is 1. The molecule has 0 atom stereocenters. The number of oxazole rings is 1. The molecule has 0 radical (unpaired) electrons. The van der Waals surface area contributed by atoms with E-state index < -0.39 is 15.8 Å². The fraction of sp³-hybridized carbons (Fsp3) is 0.154. The lowest BCUT2D eigenvalue weighted by atomic mass is 10.3. The number of sulfonamides is 1. The minimum Gasteiger partial charge on any atom is -0.468 e. The van der Waals surface area contributed by atoms with Gasteiger partial charge in [-0.25, -0.2) is 17.9 Å². The highest BCUT2D eigenvalue weighted by molar-refractivity contribution is 7.89. The van der Waals surface area contributed by atoms with Crippen LogP contribution in [-0.4, -0.2) is 13.0 Å². The van der Waals surface area contributed by atoms with Gasteiger partial charge in [0.1, 0.15) is 10.7 Å². The summed E-state index contributed by atoms with van der Waals surface area (Å²) in [5.74, 6) is -0.129. The van der Waals surface area contributed by atoms with Crippen LogP contribution in [0.1, 0.15) is 5.76 Å². The average molecular weight is 343 g/mol. The SMILES string of the molecule is Cn1c(=O)oc2cc(S(=O)(=O)NCc3ccco3)c(Cl)cc21. The van der Waals surface area contributed by atoms with Crippen LogP contribution >= 0.6 is 11.6 Å². The molecular weight excluding hydrogens is 332 g/mol. The maximum absolute atomic E-state index is 12.3. The third-order valence-electron chi connectivity index (χ3n) is 3.15. The summed E-state index contributed by atoms with van der Waals surface area (Å²) in [5, 5.41) is -0.00385. The van der Waals surface area contributed by atoms with E-state index in [-0.39, 0.29) is 22.0 Å². The molecule has 0 aliphatic carbocycles. The zero-order chi connectivity index (χ0) is 15.9. The molecule has 2 aromatic heterocycles. The Balaban J connectivity index is 2.01. The number of halogens is 1. The Bertz CT molecular complexity index is 986. The smallest absolute Gasteiger partial charge is 0.419 e. The summed E-state index contributed by atoms with van der Waals surface area (Å²) < 4.78 is 38.3. The van der Waals surface area contributed by atoms with Crippen LogP contribution in [0.5, 0.6) is 0 Å². The second-order valence-corrected chi connectivity index (χ2v) is 6.72. The highest BCUT2D eigenvalue weighted by Gasteiger charge is 2.21. The number of aromatic nitrogens is 1. The lowest BCUT2D eigenvalue weighted by Crippen LogP contribution is -2.23. The van der Waals surface area contributed by atoms with E-state index in [0.717, 1.165) is 0 Å². The first-order valence-corrected chi connectivity index (χ1v) is 8.06. The molecule has 9 heteroatoms. The number of furan rings is 1.